The number of alkyl halides is 3. The molecule has 0 unspecified atom stereocenters. The predicted molar refractivity (Wildman–Crippen MR) is 105 cm³/mol. The molecule has 0 saturated carbocycles. The number of hydrogen-bond donors (Lipinski definition) is 0. The minimum absolute atomic E-state index is 0.147. The van der Waals surface area contributed by atoms with Gasteiger partial charge in [-0.05, 0) is 32.9 Å². The van der Waals surface area contributed by atoms with Gasteiger partial charge < -0.3 is 18.8 Å². The number of aromatic nitrogens is 1. The summed E-state index contributed by atoms with van der Waals surface area (Å²) in [5, 5.41) is 0. The fourth-order valence-electron chi connectivity index (χ4n) is 2.88. The fourth-order valence-corrected chi connectivity index (χ4v) is 2.88. The van der Waals surface area contributed by atoms with Gasteiger partial charge in [0.2, 0.25) is 5.43 Å². The molecule has 2 rings (SSSR count). The lowest BCUT2D eigenvalue weighted by Gasteiger charge is -2.20. The molecule has 0 atom stereocenters. The molecule has 2 aromatic rings. The molecule has 1 aromatic heterocycles. The first-order valence-electron chi connectivity index (χ1n) is 9.55. The standard InChI is InChI=1S/C21H20F3NO7/c1-4-30-18(27)12-11-25(14-10-8-7-9-13(14)21(22,23)24)16(20(29)32-6-3)15(17(12)26)19(28)31-5-2/h7-11H,4-6H2,1-3H3. The fraction of sp³-hybridized carbons (Fsp3) is 0.333. The lowest BCUT2D eigenvalue weighted by atomic mass is 10.1. The van der Waals surface area contributed by atoms with E-state index in [9.17, 15) is 32.3 Å². The molecule has 0 fully saturated rings. The van der Waals surface area contributed by atoms with Gasteiger partial charge in [0.25, 0.3) is 0 Å². The Hall–Kier alpha value is -3.63. The molecule has 11 heteroatoms. The zero-order valence-corrected chi connectivity index (χ0v) is 17.4. The van der Waals surface area contributed by atoms with Crippen molar-refractivity contribution in [1.29, 1.82) is 0 Å². The lowest BCUT2D eigenvalue weighted by Crippen LogP contribution is -2.33. The second-order valence-corrected chi connectivity index (χ2v) is 6.14. The summed E-state index contributed by atoms with van der Waals surface area (Å²) < 4.78 is 56.2. The Labute approximate surface area is 180 Å². The number of carbonyl (C=O) groups is 3. The molecule has 0 bridgehead atoms. The smallest absolute Gasteiger partial charge is 0.418 e. The third-order valence-corrected chi connectivity index (χ3v) is 4.12. The number of rotatable bonds is 7. The average Bonchev–Trinajstić information content (AvgIpc) is 2.73. The Bertz CT molecular complexity index is 1090. The van der Waals surface area contributed by atoms with Gasteiger partial charge in [-0.25, -0.2) is 14.4 Å². The van der Waals surface area contributed by atoms with E-state index in [1.54, 1.807) is 0 Å². The number of para-hydroxylation sites is 1. The van der Waals surface area contributed by atoms with Crippen LogP contribution in [0.5, 0.6) is 0 Å². The Morgan fingerprint density at radius 2 is 1.41 bits per heavy atom. The van der Waals surface area contributed by atoms with Crippen LogP contribution in [-0.2, 0) is 20.4 Å². The van der Waals surface area contributed by atoms with Gasteiger partial charge in [0.05, 0.1) is 31.1 Å². The molecule has 172 valence electrons. The third-order valence-electron chi connectivity index (χ3n) is 4.12. The summed E-state index contributed by atoms with van der Waals surface area (Å²) in [6.07, 6.45) is -4.14. The largest absolute Gasteiger partial charge is 0.462 e. The maximum Gasteiger partial charge on any atom is 0.418 e. The normalized spacial score (nSPS) is 11.1. The first kappa shape index (κ1) is 24.6. The van der Waals surface area contributed by atoms with Crippen LogP contribution in [0.1, 0.15) is 57.5 Å². The zero-order chi connectivity index (χ0) is 24.1. The number of pyridine rings is 1. The molecule has 0 aliphatic heterocycles. The first-order chi connectivity index (χ1) is 15.1. The molecule has 0 spiro atoms. The summed E-state index contributed by atoms with van der Waals surface area (Å²) in [4.78, 5) is 50.6. The second kappa shape index (κ2) is 10.1. The summed E-state index contributed by atoms with van der Waals surface area (Å²) in [5.41, 5.74) is -5.52. The summed E-state index contributed by atoms with van der Waals surface area (Å²) in [5.74, 6) is -3.73. The highest BCUT2D eigenvalue weighted by molar-refractivity contribution is 6.04. The van der Waals surface area contributed by atoms with Crippen LogP contribution in [0.4, 0.5) is 13.2 Å². The van der Waals surface area contributed by atoms with Crippen molar-refractivity contribution >= 4 is 17.9 Å². The number of carbonyl (C=O) groups excluding carboxylic acids is 3. The van der Waals surface area contributed by atoms with Gasteiger partial charge in [-0.1, -0.05) is 12.1 Å². The maximum atomic E-state index is 13.7. The topological polar surface area (TPSA) is 101 Å². The molecular weight excluding hydrogens is 435 g/mol. The van der Waals surface area contributed by atoms with E-state index >= 15 is 0 Å². The molecule has 8 nitrogen and oxygen atoms in total. The molecule has 0 aliphatic carbocycles. The molecule has 0 amide bonds. The number of ether oxygens (including phenoxy) is 3. The quantitative estimate of drug-likeness (QED) is 0.466. The number of esters is 3. The van der Waals surface area contributed by atoms with Crippen molar-refractivity contribution in [3.63, 3.8) is 0 Å². The van der Waals surface area contributed by atoms with Crippen molar-refractivity contribution in [3.8, 4) is 5.69 Å². The van der Waals surface area contributed by atoms with Crippen molar-refractivity contribution in [2.45, 2.75) is 26.9 Å². The molecule has 0 N–H and O–H groups in total. The Kier molecular flexibility index (Phi) is 7.79. The van der Waals surface area contributed by atoms with Crippen LogP contribution in [0.2, 0.25) is 0 Å². The Morgan fingerprint density at radius 1 is 0.875 bits per heavy atom. The van der Waals surface area contributed by atoms with E-state index in [2.05, 4.69) is 0 Å². The van der Waals surface area contributed by atoms with Crippen LogP contribution in [0.25, 0.3) is 5.69 Å². The molecule has 1 aromatic carbocycles. The highest BCUT2D eigenvalue weighted by Gasteiger charge is 2.37. The number of benzene rings is 1. The van der Waals surface area contributed by atoms with Gasteiger partial charge in [0.1, 0.15) is 11.1 Å². The van der Waals surface area contributed by atoms with Gasteiger partial charge in [-0.3, -0.25) is 4.79 Å². The van der Waals surface area contributed by atoms with Crippen molar-refractivity contribution in [2.75, 3.05) is 19.8 Å². The van der Waals surface area contributed by atoms with Crippen molar-refractivity contribution in [1.82, 2.24) is 4.57 Å². The van der Waals surface area contributed by atoms with Gasteiger partial charge in [-0.15, -0.1) is 0 Å². The van der Waals surface area contributed by atoms with E-state index in [0.717, 1.165) is 24.4 Å². The number of nitrogens with zero attached hydrogens (tertiary/aromatic N) is 1. The van der Waals surface area contributed by atoms with Crippen LogP contribution in [0, 0.1) is 0 Å². The molecule has 32 heavy (non-hydrogen) atoms. The van der Waals surface area contributed by atoms with Crippen LogP contribution in [0.15, 0.2) is 35.3 Å². The molecule has 0 radical (unpaired) electrons. The molecule has 0 aliphatic rings. The monoisotopic (exact) mass is 455 g/mol. The van der Waals surface area contributed by atoms with Crippen LogP contribution in [-0.4, -0.2) is 42.3 Å². The Morgan fingerprint density at radius 3 is 1.97 bits per heavy atom. The van der Waals surface area contributed by atoms with Crippen LogP contribution >= 0.6 is 0 Å². The summed E-state index contributed by atoms with van der Waals surface area (Å²) in [6, 6.07) is 4.14. The van der Waals surface area contributed by atoms with Gasteiger partial charge >= 0.3 is 24.1 Å². The molecule has 0 saturated heterocycles. The highest BCUT2D eigenvalue weighted by atomic mass is 19.4. The van der Waals surface area contributed by atoms with Gasteiger partial charge in [0.15, 0.2) is 5.69 Å². The van der Waals surface area contributed by atoms with Crippen molar-refractivity contribution < 1.29 is 41.8 Å². The summed E-state index contributed by atoms with van der Waals surface area (Å²) >= 11 is 0. The van der Waals surface area contributed by atoms with Crippen molar-refractivity contribution in [2.24, 2.45) is 0 Å². The van der Waals surface area contributed by atoms with E-state index in [0.29, 0.717) is 4.57 Å². The number of hydrogen-bond acceptors (Lipinski definition) is 7. The number of halogens is 3. The average molecular weight is 455 g/mol. The van der Waals surface area contributed by atoms with Gasteiger partial charge in [0, 0.05) is 6.20 Å². The van der Waals surface area contributed by atoms with E-state index < -0.39 is 57.6 Å². The predicted octanol–water partition coefficient (Wildman–Crippen LogP) is 3.39. The first-order valence-corrected chi connectivity index (χ1v) is 9.55. The molecule has 1 heterocycles. The van der Waals surface area contributed by atoms with E-state index in [-0.39, 0.29) is 19.8 Å². The minimum Gasteiger partial charge on any atom is -0.462 e. The maximum absolute atomic E-state index is 13.7. The minimum atomic E-state index is -4.86. The molecular formula is C21H20F3NO7. The SMILES string of the molecule is CCOC(=O)c1cn(-c2ccccc2C(F)(F)F)c(C(=O)OCC)c(C(=O)OCC)c1=O. The van der Waals surface area contributed by atoms with Crippen LogP contribution < -0.4 is 5.43 Å². The van der Waals surface area contributed by atoms with Crippen molar-refractivity contribution in [3.05, 3.63) is 63.1 Å². The third kappa shape index (κ3) is 4.98. The summed E-state index contributed by atoms with van der Waals surface area (Å²) in [7, 11) is 0. The second-order valence-electron chi connectivity index (χ2n) is 6.14. The van der Waals surface area contributed by atoms with E-state index in [4.69, 9.17) is 14.2 Å². The highest BCUT2D eigenvalue weighted by Crippen LogP contribution is 2.34. The van der Waals surface area contributed by atoms with E-state index in [1.807, 2.05) is 0 Å². The van der Waals surface area contributed by atoms with Crippen LogP contribution in [0.3, 0.4) is 0 Å². The van der Waals surface area contributed by atoms with Gasteiger partial charge in [-0.2, -0.15) is 13.2 Å². The lowest BCUT2D eigenvalue weighted by molar-refractivity contribution is -0.137. The van der Waals surface area contributed by atoms with E-state index in [1.165, 1.54) is 26.8 Å². The Balaban J connectivity index is 3.06. The zero-order valence-electron chi connectivity index (χ0n) is 17.4. The summed E-state index contributed by atoms with van der Waals surface area (Å²) in [6.45, 7) is 3.76.